The van der Waals surface area contributed by atoms with Gasteiger partial charge in [0.05, 0.1) is 21.7 Å². The molecule has 0 aliphatic carbocycles. The van der Waals surface area contributed by atoms with Crippen molar-refractivity contribution < 1.29 is 9.53 Å². The summed E-state index contributed by atoms with van der Waals surface area (Å²) in [6.07, 6.45) is 0.214. The van der Waals surface area contributed by atoms with Gasteiger partial charge in [-0.05, 0) is 18.6 Å². The molecule has 0 aromatic heterocycles. The molecule has 1 N–H and O–H groups in total. The van der Waals surface area contributed by atoms with Crippen molar-refractivity contribution in [2.45, 2.75) is 13.3 Å². The molecule has 0 radical (unpaired) electrons. The Morgan fingerprint density at radius 2 is 1.88 bits per heavy atom. The molecule has 6 heteroatoms. The zero-order valence-corrected chi connectivity index (χ0v) is 10.8. The minimum absolute atomic E-state index is 0.260. The first-order chi connectivity index (χ1) is 7.54. The lowest BCUT2D eigenvalue weighted by molar-refractivity contribution is 0.161. The zero-order valence-electron chi connectivity index (χ0n) is 8.52. The second kappa shape index (κ2) is 6.18. The van der Waals surface area contributed by atoms with Crippen molar-refractivity contribution >= 4 is 46.6 Å². The molecule has 0 heterocycles. The number of halogens is 3. The van der Waals surface area contributed by atoms with Crippen LogP contribution in [0.15, 0.2) is 12.1 Å². The van der Waals surface area contributed by atoms with Gasteiger partial charge in [-0.3, -0.25) is 5.32 Å². The largest absolute Gasteiger partial charge is 0.449 e. The molecule has 0 spiro atoms. The fourth-order valence-electron chi connectivity index (χ4n) is 0.976. The summed E-state index contributed by atoms with van der Waals surface area (Å²) in [5, 5.41) is 3.31. The Hall–Kier alpha value is -0.640. The molecule has 1 rings (SSSR count). The summed E-state index contributed by atoms with van der Waals surface area (Å²) in [4.78, 5) is 11.2. The van der Waals surface area contributed by atoms with Crippen LogP contribution in [0.25, 0.3) is 0 Å². The van der Waals surface area contributed by atoms with Gasteiger partial charge in [0.1, 0.15) is 0 Å². The molecule has 3 nitrogen and oxygen atoms in total. The number of hydrogen-bond donors (Lipinski definition) is 1. The van der Waals surface area contributed by atoms with E-state index >= 15 is 0 Å². The lowest BCUT2D eigenvalue weighted by Crippen LogP contribution is -2.14. The van der Waals surface area contributed by atoms with E-state index in [1.807, 2.05) is 6.92 Å². The Balaban J connectivity index is 2.71. The molecule has 0 saturated heterocycles. The van der Waals surface area contributed by atoms with E-state index in [-0.39, 0.29) is 15.1 Å². The summed E-state index contributed by atoms with van der Waals surface area (Å²) in [6, 6.07) is 3.01. The first-order valence-corrected chi connectivity index (χ1v) is 5.76. The van der Waals surface area contributed by atoms with Gasteiger partial charge in [-0.25, -0.2) is 4.79 Å². The van der Waals surface area contributed by atoms with Crippen LogP contribution in [-0.4, -0.2) is 12.7 Å². The van der Waals surface area contributed by atoms with Crippen LogP contribution in [0.5, 0.6) is 0 Å². The van der Waals surface area contributed by atoms with Crippen molar-refractivity contribution in [3.8, 4) is 0 Å². The van der Waals surface area contributed by atoms with Crippen LogP contribution in [-0.2, 0) is 4.74 Å². The van der Waals surface area contributed by atoms with Crippen molar-refractivity contribution in [2.75, 3.05) is 11.9 Å². The number of rotatable bonds is 3. The number of hydrogen-bond acceptors (Lipinski definition) is 2. The van der Waals surface area contributed by atoms with Crippen LogP contribution < -0.4 is 5.32 Å². The fourth-order valence-corrected chi connectivity index (χ4v) is 1.57. The molecule has 16 heavy (non-hydrogen) atoms. The fraction of sp³-hybridized carbons (Fsp3) is 0.300. The van der Waals surface area contributed by atoms with E-state index in [1.165, 1.54) is 12.1 Å². The Bertz CT molecular complexity index is 373. The summed E-state index contributed by atoms with van der Waals surface area (Å²) in [5.41, 5.74) is 0.445. The van der Waals surface area contributed by atoms with Gasteiger partial charge in [-0.2, -0.15) is 0 Å². The number of anilines is 1. The Kier molecular flexibility index (Phi) is 5.19. The number of carbonyl (C=O) groups excluding carboxylic acids is 1. The van der Waals surface area contributed by atoms with Gasteiger partial charge in [0.15, 0.2) is 0 Å². The Morgan fingerprint density at radius 1 is 1.31 bits per heavy atom. The molecule has 0 aliphatic rings. The average Bonchev–Trinajstić information content (AvgIpc) is 2.23. The van der Waals surface area contributed by atoms with E-state index in [2.05, 4.69) is 5.32 Å². The second-order valence-corrected chi connectivity index (χ2v) is 4.21. The molecule has 1 aromatic rings. The Morgan fingerprint density at radius 3 is 2.38 bits per heavy atom. The topological polar surface area (TPSA) is 38.3 Å². The van der Waals surface area contributed by atoms with Gasteiger partial charge < -0.3 is 4.74 Å². The monoisotopic (exact) mass is 281 g/mol. The molecule has 0 atom stereocenters. The molecule has 0 fully saturated rings. The van der Waals surface area contributed by atoms with Gasteiger partial charge in [-0.1, -0.05) is 41.7 Å². The maximum atomic E-state index is 11.2. The highest BCUT2D eigenvalue weighted by molar-refractivity contribution is 6.48. The average molecular weight is 283 g/mol. The summed E-state index contributed by atoms with van der Waals surface area (Å²) in [6.45, 7) is 2.27. The normalized spacial score (nSPS) is 10.0. The molecular formula is C10H10Cl3NO2. The van der Waals surface area contributed by atoms with Crippen molar-refractivity contribution in [2.24, 2.45) is 0 Å². The first-order valence-electron chi connectivity index (χ1n) is 4.63. The molecule has 0 saturated carbocycles. The minimum atomic E-state index is -0.545. The number of benzene rings is 1. The molecule has 1 amide bonds. The van der Waals surface area contributed by atoms with Crippen LogP contribution in [0.4, 0.5) is 10.5 Å². The van der Waals surface area contributed by atoms with Crippen LogP contribution in [0.1, 0.15) is 13.3 Å². The number of amides is 1. The van der Waals surface area contributed by atoms with E-state index in [4.69, 9.17) is 39.5 Å². The molecule has 88 valence electrons. The number of ether oxygens (including phenoxy) is 1. The lowest BCUT2D eigenvalue weighted by atomic mass is 10.3. The van der Waals surface area contributed by atoms with Crippen LogP contribution in [0.2, 0.25) is 15.1 Å². The van der Waals surface area contributed by atoms with Gasteiger partial charge in [0.25, 0.3) is 0 Å². The van der Waals surface area contributed by atoms with E-state index in [1.54, 1.807) is 0 Å². The number of carbonyl (C=O) groups is 1. The lowest BCUT2D eigenvalue weighted by Gasteiger charge is -2.07. The van der Waals surface area contributed by atoms with Crippen molar-refractivity contribution in [3.05, 3.63) is 27.2 Å². The molecule has 0 aliphatic heterocycles. The van der Waals surface area contributed by atoms with Crippen LogP contribution in [0.3, 0.4) is 0 Å². The molecular weight excluding hydrogens is 272 g/mol. The standard InChI is InChI=1S/C10H10Cl3NO2/c1-2-3-16-10(15)14-6-4-7(11)9(13)8(12)5-6/h4-5H,2-3H2,1H3,(H,14,15). The van der Waals surface area contributed by atoms with Crippen molar-refractivity contribution in [1.82, 2.24) is 0 Å². The maximum Gasteiger partial charge on any atom is 0.411 e. The quantitative estimate of drug-likeness (QED) is 0.822. The van der Waals surface area contributed by atoms with E-state index in [0.29, 0.717) is 12.3 Å². The van der Waals surface area contributed by atoms with Gasteiger partial charge in [0, 0.05) is 5.69 Å². The van der Waals surface area contributed by atoms with E-state index < -0.39 is 6.09 Å². The predicted octanol–water partition coefficient (Wildman–Crippen LogP) is 4.61. The van der Waals surface area contributed by atoms with Gasteiger partial charge in [-0.15, -0.1) is 0 Å². The third-order valence-corrected chi connectivity index (χ3v) is 2.86. The van der Waals surface area contributed by atoms with Gasteiger partial charge >= 0.3 is 6.09 Å². The molecule has 0 unspecified atom stereocenters. The zero-order chi connectivity index (χ0) is 12.1. The maximum absolute atomic E-state index is 11.2. The SMILES string of the molecule is CCCOC(=O)Nc1cc(Cl)c(Cl)c(Cl)c1. The smallest absolute Gasteiger partial charge is 0.411 e. The van der Waals surface area contributed by atoms with Crippen LogP contribution in [0, 0.1) is 0 Å². The van der Waals surface area contributed by atoms with Crippen LogP contribution >= 0.6 is 34.8 Å². The highest BCUT2D eigenvalue weighted by atomic mass is 35.5. The number of nitrogens with one attached hydrogen (secondary N) is 1. The van der Waals surface area contributed by atoms with Crippen molar-refractivity contribution in [1.29, 1.82) is 0 Å². The summed E-state index contributed by atoms with van der Waals surface area (Å²) < 4.78 is 4.84. The van der Waals surface area contributed by atoms with Crippen molar-refractivity contribution in [3.63, 3.8) is 0 Å². The van der Waals surface area contributed by atoms with E-state index in [0.717, 1.165) is 6.42 Å². The van der Waals surface area contributed by atoms with E-state index in [9.17, 15) is 4.79 Å². The summed E-state index contributed by atoms with van der Waals surface area (Å²) in [5.74, 6) is 0. The third kappa shape index (κ3) is 3.74. The second-order valence-electron chi connectivity index (χ2n) is 3.01. The minimum Gasteiger partial charge on any atom is -0.449 e. The Labute approximate surface area is 109 Å². The highest BCUT2D eigenvalue weighted by Gasteiger charge is 2.08. The predicted molar refractivity (Wildman–Crippen MR) is 66.7 cm³/mol. The van der Waals surface area contributed by atoms with Gasteiger partial charge in [0.2, 0.25) is 0 Å². The molecule has 1 aromatic carbocycles. The first kappa shape index (κ1) is 13.4. The summed E-state index contributed by atoms with van der Waals surface area (Å²) >= 11 is 17.4. The third-order valence-electron chi connectivity index (χ3n) is 1.67. The summed E-state index contributed by atoms with van der Waals surface area (Å²) in [7, 11) is 0. The highest BCUT2D eigenvalue weighted by Crippen LogP contribution is 2.33. The molecule has 0 bridgehead atoms.